The van der Waals surface area contributed by atoms with E-state index in [0.29, 0.717) is 0 Å². The number of hydrogen-bond acceptors (Lipinski definition) is 1. The highest BCUT2D eigenvalue weighted by molar-refractivity contribution is 5.51. The molecule has 0 aliphatic rings. The van der Waals surface area contributed by atoms with E-state index in [2.05, 4.69) is 32.0 Å². The lowest BCUT2D eigenvalue weighted by Crippen LogP contribution is -1.80. The quantitative estimate of drug-likeness (QED) is 0.707. The second kappa shape index (κ2) is 4.07. The van der Waals surface area contributed by atoms with Crippen LogP contribution in [0.2, 0.25) is 0 Å². The fourth-order valence-corrected chi connectivity index (χ4v) is 1.29. The van der Waals surface area contributed by atoms with Gasteiger partial charge >= 0.3 is 0 Å². The summed E-state index contributed by atoms with van der Waals surface area (Å²) in [6.45, 7) is 4.25. The van der Waals surface area contributed by atoms with Gasteiger partial charge < -0.3 is 5.11 Å². The van der Waals surface area contributed by atoms with E-state index in [1.54, 1.807) is 6.08 Å². The molecule has 0 radical (unpaired) electrons. The molecule has 1 heteroatoms. The molecule has 1 aromatic carbocycles. The standard InChI is InChI=1S/C11H14O/c1-9-6-10(2)8-11(7-9)4-3-5-12/h3-4,6-8,12H,5H2,1-2H3. The second-order valence-corrected chi connectivity index (χ2v) is 3.01. The molecule has 0 atom stereocenters. The Morgan fingerprint density at radius 2 is 1.75 bits per heavy atom. The van der Waals surface area contributed by atoms with Crippen LogP contribution in [0.4, 0.5) is 0 Å². The Kier molecular flexibility index (Phi) is 3.06. The normalized spacial score (nSPS) is 10.9. The van der Waals surface area contributed by atoms with Crippen molar-refractivity contribution in [2.75, 3.05) is 6.61 Å². The Morgan fingerprint density at radius 3 is 2.25 bits per heavy atom. The van der Waals surface area contributed by atoms with Crippen LogP contribution in [0.5, 0.6) is 0 Å². The molecule has 0 aromatic heterocycles. The minimum absolute atomic E-state index is 0.104. The Bertz CT molecular complexity index is 267. The van der Waals surface area contributed by atoms with Gasteiger partial charge in [-0.2, -0.15) is 0 Å². The smallest absolute Gasteiger partial charge is 0.0615 e. The van der Waals surface area contributed by atoms with Crippen LogP contribution in [0.3, 0.4) is 0 Å². The molecule has 0 spiro atoms. The third-order valence-corrected chi connectivity index (χ3v) is 1.66. The van der Waals surface area contributed by atoms with Crippen molar-refractivity contribution in [1.29, 1.82) is 0 Å². The topological polar surface area (TPSA) is 20.2 Å². The van der Waals surface area contributed by atoms with Crippen molar-refractivity contribution in [2.24, 2.45) is 0 Å². The number of benzene rings is 1. The zero-order chi connectivity index (χ0) is 8.97. The molecule has 1 nitrogen and oxygen atoms in total. The molecule has 0 saturated carbocycles. The van der Waals surface area contributed by atoms with Gasteiger partial charge in [-0.05, 0) is 19.4 Å². The molecule has 0 fully saturated rings. The summed E-state index contributed by atoms with van der Waals surface area (Å²) >= 11 is 0. The summed E-state index contributed by atoms with van der Waals surface area (Å²) in [5.74, 6) is 0. The number of aliphatic hydroxyl groups is 1. The molecule has 1 aromatic rings. The fourth-order valence-electron chi connectivity index (χ4n) is 1.29. The molecule has 0 amide bonds. The van der Waals surface area contributed by atoms with Crippen LogP contribution in [0, 0.1) is 13.8 Å². The number of aliphatic hydroxyl groups excluding tert-OH is 1. The number of aryl methyl sites for hydroxylation is 2. The molecule has 1 N–H and O–H groups in total. The molecule has 0 aliphatic heterocycles. The summed E-state index contributed by atoms with van der Waals surface area (Å²) in [5.41, 5.74) is 3.67. The monoisotopic (exact) mass is 162 g/mol. The van der Waals surface area contributed by atoms with Gasteiger partial charge in [-0.25, -0.2) is 0 Å². The van der Waals surface area contributed by atoms with Crippen LogP contribution >= 0.6 is 0 Å². The highest BCUT2D eigenvalue weighted by Gasteiger charge is 1.90. The van der Waals surface area contributed by atoms with Crippen molar-refractivity contribution in [2.45, 2.75) is 13.8 Å². The van der Waals surface area contributed by atoms with E-state index in [9.17, 15) is 0 Å². The van der Waals surface area contributed by atoms with E-state index < -0.39 is 0 Å². The zero-order valence-electron chi connectivity index (χ0n) is 7.54. The minimum Gasteiger partial charge on any atom is -0.392 e. The van der Waals surface area contributed by atoms with Gasteiger partial charge in [0.15, 0.2) is 0 Å². The average molecular weight is 162 g/mol. The maximum Gasteiger partial charge on any atom is 0.0615 e. The van der Waals surface area contributed by atoms with Crippen molar-refractivity contribution in [3.8, 4) is 0 Å². The van der Waals surface area contributed by atoms with Crippen LogP contribution in [0.1, 0.15) is 16.7 Å². The first-order chi connectivity index (χ1) is 5.72. The van der Waals surface area contributed by atoms with Crippen LogP contribution in [-0.2, 0) is 0 Å². The van der Waals surface area contributed by atoms with E-state index in [0.717, 1.165) is 5.56 Å². The maximum absolute atomic E-state index is 8.58. The van der Waals surface area contributed by atoms with Crippen molar-refractivity contribution >= 4 is 6.08 Å². The van der Waals surface area contributed by atoms with Crippen molar-refractivity contribution in [3.05, 3.63) is 41.0 Å². The van der Waals surface area contributed by atoms with E-state index in [1.807, 2.05) is 6.08 Å². The van der Waals surface area contributed by atoms with Gasteiger partial charge in [-0.15, -0.1) is 0 Å². The Labute approximate surface area is 73.4 Å². The SMILES string of the molecule is Cc1cc(C)cc(C=CCO)c1. The van der Waals surface area contributed by atoms with Crippen LogP contribution in [0.15, 0.2) is 24.3 Å². The molecule has 64 valence electrons. The summed E-state index contributed by atoms with van der Waals surface area (Å²) in [5, 5.41) is 8.58. The molecule has 0 aliphatic carbocycles. The predicted molar refractivity (Wildman–Crippen MR) is 52.0 cm³/mol. The van der Waals surface area contributed by atoms with Crippen LogP contribution in [-0.4, -0.2) is 11.7 Å². The molecular weight excluding hydrogens is 148 g/mol. The third kappa shape index (κ3) is 2.51. The fraction of sp³-hybridized carbons (Fsp3) is 0.273. The van der Waals surface area contributed by atoms with E-state index in [4.69, 9.17) is 5.11 Å². The van der Waals surface area contributed by atoms with Gasteiger partial charge in [-0.1, -0.05) is 41.5 Å². The molecule has 0 saturated heterocycles. The lowest BCUT2D eigenvalue weighted by Gasteiger charge is -1.98. The average Bonchev–Trinajstić information content (AvgIpc) is 1.99. The van der Waals surface area contributed by atoms with Crippen LogP contribution in [0.25, 0.3) is 6.08 Å². The van der Waals surface area contributed by atoms with E-state index in [1.165, 1.54) is 11.1 Å². The Hall–Kier alpha value is -1.08. The van der Waals surface area contributed by atoms with Gasteiger partial charge in [-0.3, -0.25) is 0 Å². The summed E-state index contributed by atoms with van der Waals surface area (Å²) in [6.07, 6.45) is 3.67. The van der Waals surface area contributed by atoms with E-state index in [-0.39, 0.29) is 6.61 Å². The van der Waals surface area contributed by atoms with Crippen molar-refractivity contribution in [3.63, 3.8) is 0 Å². The maximum atomic E-state index is 8.58. The van der Waals surface area contributed by atoms with Crippen LogP contribution < -0.4 is 0 Å². The van der Waals surface area contributed by atoms with Crippen molar-refractivity contribution in [1.82, 2.24) is 0 Å². The van der Waals surface area contributed by atoms with Gasteiger partial charge in [0.25, 0.3) is 0 Å². The first-order valence-electron chi connectivity index (χ1n) is 4.08. The highest BCUT2D eigenvalue weighted by Crippen LogP contribution is 2.09. The molecule has 12 heavy (non-hydrogen) atoms. The second-order valence-electron chi connectivity index (χ2n) is 3.01. The molecular formula is C11H14O. The van der Waals surface area contributed by atoms with Gasteiger partial charge in [0.2, 0.25) is 0 Å². The minimum atomic E-state index is 0.104. The predicted octanol–water partition coefficient (Wildman–Crippen LogP) is 2.31. The Balaban J connectivity index is 2.93. The summed E-state index contributed by atoms with van der Waals surface area (Å²) in [7, 11) is 0. The lowest BCUT2D eigenvalue weighted by atomic mass is 10.1. The molecule has 0 unspecified atom stereocenters. The van der Waals surface area contributed by atoms with Gasteiger partial charge in [0, 0.05) is 0 Å². The first kappa shape index (κ1) is 9.01. The summed E-state index contributed by atoms with van der Waals surface area (Å²) < 4.78 is 0. The van der Waals surface area contributed by atoms with Crippen molar-refractivity contribution < 1.29 is 5.11 Å². The molecule has 0 heterocycles. The summed E-state index contributed by atoms with van der Waals surface area (Å²) in [6, 6.07) is 6.33. The Morgan fingerprint density at radius 1 is 1.17 bits per heavy atom. The number of hydrogen-bond donors (Lipinski definition) is 1. The van der Waals surface area contributed by atoms with E-state index >= 15 is 0 Å². The third-order valence-electron chi connectivity index (χ3n) is 1.66. The first-order valence-corrected chi connectivity index (χ1v) is 4.08. The highest BCUT2D eigenvalue weighted by atomic mass is 16.2. The van der Waals surface area contributed by atoms with Gasteiger partial charge in [0.1, 0.15) is 0 Å². The zero-order valence-corrected chi connectivity index (χ0v) is 7.54. The van der Waals surface area contributed by atoms with Gasteiger partial charge in [0.05, 0.1) is 6.61 Å². The molecule has 1 rings (SSSR count). The largest absolute Gasteiger partial charge is 0.392 e. The number of rotatable bonds is 2. The molecule has 0 bridgehead atoms. The summed E-state index contributed by atoms with van der Waals surface area (Å²) in [4.78, 5) is 0. The lowest BCUT2D eigenvalue weighted by molar-refractivity contribution is 0.343.